The largest absolute Gasteiger partial charge is 1.00 e. The normalized spacial score (nSPS) is 17.7. The van der Waals surface area contributed by atoms with Crippen molar-refractivity contribution >= 4 is 11.8 Å². The van der Waals surface area contributed by atoms with Crippen molar-refractivity contribution in [3.05, 3.63) is 81.4 Å². The molecule has 0 spiro atoms. The van der Waals surface area contributed by atoms with E-state index in [-0.39, 0.29) is 24.8 Å². The molecule has 1 unspecified atom stereocenters. The summed E-state index contributed by atoms with van der Waals surface area (Å²) in [6.07, 6.45) is 14.8. The molecule has 0 saturated carbocycles. The second-order valence-corrected chi connectivity index (χ2v) is 8.90. The Morgan fingerprint density at radius 2 is 1.77 bits per heavy atom. The molecule has 0 N–H and O–H groups in total. The van der Waals surface area contributed by atoms with Gasteiger partial charge in [-0.3, -0.25) is 0 Å². The van der Waals surface area contributed by atoms with Crippen LogP contribution in [-0.2, 0) is 23.2 Å². The van der Waals surface area contributed by atoms with E-state index >= 15 is 0 Å². The number of benzene rings is 1. The third kappa shape index (κ3) is 3.25. The van der Waals surface area contributed by atoms with Gasteiger partial charge in [0, 0.05) is 0 Å². The summed E-state index contributed by atoms with van der Waals surface area (Å²) >= 11 is -0.624. The van der Waals surface area contributed by atoms with Gasteiger partial charge in [0.1, 0.15) is 0 Å². The minimum atomic E-state index is -0.624. The third-order valence-electron chi connectivity index (χ3n) is 3.91. The van der Waals surface area contributed by atoms with Crippen LogP contribution in [0.2, 0.25) is 0 Å². The zero-order chi connectivity index (χ0) is 13.4. The van der Waals surface area contributed by atoms with E-state index in [1.165, 1.54) is 23.2 Å². The van der Waals surface area contributed by atoms with Crippen LogP contribution in [0.1, 0.15) is 21.2 Å². The van der Waals surface area contributed by atoms with Gasteiger partial charge in [-0.05, 0) is 0 Å². The van der Waals surface area contributed by atoms with Crippen LogP contribution in [0.25, 0.3) is 11.8 Å². The molecule has 0 radical (unpaired) electrons. The van der Waals surface area contributed by atoms with Gasteiger partial charge in [-0.1, -0.05) is 0 Å². The number of nitrogens with zero attached hydrogens (tertiary/aromatic N) is 1. The van der Waals surface area contributed by atoms with Gasteiger partial charge in [-0.2, -0.15) is 0 Å². The second kappa shape index (κ2) is 7.64. The molecule has 0 fully saturated rings. The van der Waals surface area contributed by atoms with Crippen molar-refractivity contribution in [2.24, 2.45) is 0 Å². The average molecular weight is 407 g/mol. The monoisotopic (exact) mass is 405 g/mol. The summed E-state index contributed by atoms with van der Waals surface area (Å²) < 4.78 is 4.65. The predicted molar refractivity (Wildman–Crippen MR) is 79.6 cm³/mol. The van der Waals surface area contributed by atoms with Crippen molar-refractivity contribution in [1.29, 1.82) is 0 Å². The quantitative estimate of drug-likeness (QED) is 0.582. The van der Waals surface area contributed by atoms with Gasteiger partial charge in [0.15, 0.2) is 0 Å². The molecule has 2 aliphatic rings. The summed E-state index contributed by atoms with van der Waals surface area (Å²) in [5.41, 5.74) is 4.42. The molecule has 1 aromatic carbocycles. The van der Waals surface area contributed by atoms with Crippen LogP contribution < -0.4 is 24.8 Å². The molecule has 1 nitrogen and oxygen atoms in total. The van der Waals surface area contributed by atoms with Crippen LogP contribution >= 0.6 is 0 Å². The number of hydrogen-bond donors (Lipinski definition) is 0. The number of hydrogen-bond acceptors (Lipinski definition) is 0. The Labute approximate surface area is 155 Å². The molecule has 0 saturated heterocycles. The maximum Gasteiger partial charge on any atom is -1.00 e. The first-order valence-corrected chi connectivity index (χ1v) is 9.63. The Kier molecular flexibility index (Phi) is 6.09. The Morgan fingerprint density at radius 1 is 1.00 bits per heavy atom. The van der Waals surface area contributed by atoms with E-state index in [9.17, 15) is 0 Å². The van der Waals surface area contributed by atoms with Crippen LogP contribution in [0.5, 0.6) is 0 Å². The number of allylic oxidation sites excluding steroid dienone is 5. The number of aromatic nitrogens is 1. The Bertz CT molecular complexity index is 729. The molecular formula is C18H15Cl2NZr. The van der Waals surface area contributed by atoms with E-state index in [2.05, 4.69) is 77.7 Å². The second-order valence-electron chi connectivity index (χ2n) is 5.19. The maximum absolute atomic E-state index is 2.38. The first kappa shape index (κ1) is 17.5. The molecule has 22 heavy (non-hydrogen) atoms. The van der Waals surface area contributed by atoms with Gasteiger partial charge < -0.3 is 24.8 Å². The minimum absolute atomic E-state index is 0. The van der Waals surface area contributed by atoms with Crippen LogP contribution in [0, 0.1) is 0 Å². The zero-order valence-electron chi connectivity index (χ0n) is 11.9. The van der Waals surface area contributed by atoms with Crippen molar-refractivity contribution in [3.63, 3.8) is 0 Å². The Balaban J connectivity index is 0.000000882. The van der Waals surface area contributed by atoms with E-state index in [1.807, 2.05) is 0 Å². The van der Waals surface area contributed by atoms with Gasteiger partial charge in [0.25, 0.3) is 0 Å². The SMILES string of the molecule is C1=CC[C]([Zr+2][CH]2C(n3cccc3)=Cc3ccccc32)=C1.[Cl-].[Cl-]. The summed E-state index contributed by atoms with van der Waals surface area (Å²) in [5.74, 6) is 0. The first-order valence-electron chi connectivity index (χ1n) is 6.98. The number of fused-ring (bicyclic) bond motifs is 1. The van der Waals surface area contributed by atoms with Crippen LogP contribution in [0.15, 0.2) is 70.3 Å². The van der Waals surface area contributed by atoms with Crippen LogP contribution in [0.4, 0.5) is 0 Å². The number of rotatable bonds is 3. The summed E-state index contributed by atoms with van der Waals surface area (Å²) in [6, 6.07) is 13.1. The van der Waals surface area contributed by atoms with Crippen molar-refractivity contribution in [3.8, 4) is 0 Å². The van der Waals surface area contributed by atoms with Gasteiger partial charge in [-0.25, -0.2) is 0 Å². The van der Waals surface area contributed by atoms with E-state index in [0.717, 1.165) is 0 Å². The van der Waals surface area contributed by atoms with E-state index in [1.54, 1.807) is 3.28 Å². The molecule has 4 rings (SSSR count). The summed E-state index contributed by atoms with van der Waals surface area (Å²) in [5, 5.41) is 0. The van der Waals surface area contributed by atoms with Crippen molar-refractivity contribution < 1.29 is 48.0 Å². The molecule has 110 valence electrons. The average Bonchev–Trinajstić information content (AvgIpc) is 3.19. The number of halogens is 2. The fraction of sp³-hybridized carbons (Fsp3) is 0.111. The molecule has 2 aromatic rings. The topological polar surface area (TPSA) is 4.93 Å². The predicted octanol–water partition coefficient (Wildman–Crippen LogP) is -1.52. The van der Waals surface area contributed by atoms with Gasteiger partial charge in [0.2, 0.25) is 0 Å². The third-order valence-corrected chi connectivity index (χ3v) is 7.93. The molecule has 1 aromatic heterocycles. The van der Waals surface area contributed by atoms with Crippen molar-refractivity contribution in [2.75, 3.05) is 0 Å². The van der Waals surface area contributed by atoms with E-state index in [0.29, 0.717) is 3.63 Å². The first-order chi connectivity index (χ1) is 9.92. The molecule has 0 bridgehead atoms. The van der Waals surface area contributed by atoms with Crippen molar-refractivity contribution in [2.45, 2.75) is 10.0 Å². The van der Waals surface area contributed by atoms with Crippen LogP contribution in [-0.4, -0.2) is 4.57 Å². The maximum atomic E-state index is 2.38. The zero-order valence-corrected chi connectivity index (χ0v) is 15.9. The van der Waals surface area contributed by atoms with Gasteiger partial charge >= 0.3 is 131 Å². The Morgan fingerprint density at radius 3 is 2.50 bits per heavy atom. The summed E-state index contributed by atoms with van der Waals surface area (Å²) in [6.45, 7) is 0. The molecule has 4 heteroatoms. The summed E-state index contributed by atoms with van der Waals surface area (Å²) in [7, 11) is 0. The van der Waals surface area contributed by atoms with Crippen molar-refractivity contribution in [1.82, 2.24) is 4.57 Å². The smallest absolute Gasteiger partial charge is 1.00 e. The molecule has 0 amide bonds. The molecule has 1 atom stereocenters. The molecular weight excluding hydrogens is 392 g/mol. The van der Waals surface area contributed by atoms with E-state index in [4.69, 9.17) is 0 Å². The molecule has 0 aliphatic heterocycles. The van der Waals surface area contributed by atoms with Crippen LogP contribution in [0.3, 0.4) is 0 Å². The minimum Gasteiger partial charge on any atom is -1.00 e. The van der Waals surface area contributed by atoms with Gasteiger partial charge in [0.05, 0.1) is 0 Å². The fourth-order valence-corrected chi connectivity index (χ4v) is 6.86. The Hall–Kier alpha value is -0.817. The molecule has 2 aliphatic carbocycles. The standard InChI is InChI=1S/C13H10N.C5H5.2ClH.Zr/c1-2-6-12-10-13(9-11(12)5-1)14-7-3-4-8-14;1-2-4-5-3-1;;;/h1-10H;1-3H,4H2;2*1H;/q;;;;+2/p-2. The van der Waals surface area contributed by atoms with E-state index < -0.39 is 23.2 Å². The van der Waals surface area contributed by atoms with Gasteiger partial charge in [-0.15, -0.1) is 0 Å². The fourth-order valence-electron chi connectivity index (χ4n) is 2.93. The summed E-state index contributed by atoms with van der Waals surface area (Å²) in [4.78, 5) is 0. The molecule has 1 heterocycles.